The van der Waals surface area contributed by atoms with Gasteiger partial charge in [0.1, 0.15) is 5.60 Å². The van der Waals surface area contributed by atoms with Crippen LogP contribution in [0.2, 0.25) is 0 Å². The molecule has 0 radical (unpaired) electrons. The van der Waals surface area contributed by atoms with Gasteiger partial charge >= 0.3 is 0 Å². The fourth-order valence-corrected chi connectivity index (χ4v) is 6.57. The van der Waals surface area contributed by atoms with E-state index in [0.717, 1.165) is 6.42 Å². The molecule has 3 aliphatic rings. The molecule has 4 heteroatoms. The van der Waals surface area contributed by atoms with Crippen LogP contribution in [0.25, 0.3) is 0 Å². The Morgan fingerprint density at radius 3 is 2.50 bits per heavy atom. The second-order valence-corrected chi connectivity index (χ2v) is 11.6. The summed E-state index contributed by atoms with van der Waals surface area (Å²) >= 11 is 0. The lowest BCUT2D eigenvalue weighted by Gasteiger charge is -2.44. The fraction of sp³-hybridized carbons (Fsp3) is 0.769. The van der Waals surface area contributed by atoms with Gasteiger partial charge in [-0.1, -0.05) is 43.1 Å². The Kier molecular flexibility index (Phi) is 7.57. The van der Waals surface area contributed by atoms with Crippen molar-refractivity contribution in [3.8, 4) is 11.8 Å². The third-order valence-corrected chi connectivity index (χ3v) is 8.80. The summed E-state index contributed by atoms with van der Waals surface area (Å²) in [6.07, 6.45) is 11.9. The molecule has 0 aromatic rings. The molecule has 0 heterocycles. The number of aliphatic hydroxyl groups is 3. The molecule has 0 bridgehead atoms. The van der Waals surface area contributed by atoms with Crippen molar-refractivity contribution in [1.82, 2.24) is 0 Å². The second kappa shape index (κ2) is 9.46. The molecule has 7 atom stereocenters. The summed E-state index contributed by atoms with van der Waals surface area (Å²) in [5.41, 5.74) is 2.02. The molecule has 0 saturated heterocycles. The highest BCUT2D eigenvalue weighted by Crippen LogP contribution is 2.59. The van der Waals surface area contributed by atoms with Crippen LogP contribution in [-0.4, -0.2) is 38.8 Å². The summed E-state index contributed by atoms with van der Waals surface area (Å²) < 4.78 is 0. The predicted molar refractivity (Wildman–Crippen MR) is 127 cm³/mol. The molecule has 0 aromatic heterocycles. The van der Waals surface area contributed by atoms with Gasteiger partial charge in [-0.2, -0.15) is 0 Å². The molecule has 0 spiro atoms. The molecule has 3 rings (SSSR count). The Hall–Kier alpha value is -0.650. The minimum absolute atomic E-state index is 0.121. The van der Waals surface area contributed by atoms with Crippen molar-refractivity contribution in [3.63, 3.8) is 0 Å². The first-order valence-corrected chi connectivity index (χ1v) is 12.4. The molecule has 3 N–H and O–H groups in total. The zero-order valence-electron chi connectivity index (χ0n) is 19.2. The number of hydrogen-bond donors (Lipinski definition) is 3. The van der Waals surface area contributed by atoms with Crippen LogP contribution < -0.4 is 0 Å². The Morgan fingerprint density at radius 1 is 1.20 bits per heavy atom. The van der Waals surface area contributed by atoms with E-state index in [9.17, 15) is 15.3 Å². The molecular weight excluding hydrogens is 391 g/mol. The molecule has 30 heavy (non-hydrogen) atoms. The number of fused-ring (bicyclic) bond motifs is 1. The first kappa shape index (κ1) is 24.0. The van der Waals surface area contributed by atoms with Crippen LogP contribution in [0.3, 0.4) is 0 Å². The topological polar surface area (TPSA) is 60.7 Å². The first-order valence-electron chi connectivity index (χ1n) is 11.7. The van der Waals surface area contributed by atoms with Gasteiger partial charge in [0.05, 0.1) is 12.2 Å². The molecule has 0 aromatic carbocycles. The van der Waals surface area contributed by atoms with Crippen LogP contribution in [0.15, 0.2) is 23.3 Å². The zero-order valence-corrected chi connectivity index (χ0v) is 20.3. The molecule has 168 valence electrons. The van der Waals surface area contributed by atoms with Crippen LogP contribution in [0, 0.1) is 35.0 Å². The highest BCUT2D eigenvalue weighted by atomic mass is 31.0. The number of aliphatic hydroxyl groups excluding tert-OH is 2. The van der Waals surface area contributed by atoms with Crippen LogP contribution in [0.1, 0.15) is 79.1 Å². The van der Waals surface area contributed by atoms with Gasteiger partial charge < -0.3 is 15.3 Å². The van der Waals surface area contributed by atoms with Crippen LogP contribution >= 0.6 is 9.24 Å². The van der Waals surface area contributed by atoms with E-state index in [1.807, 2.05) is 0 Å². The summed E-state index contributed by atoms with van der Waals surface area (Å²) in [5, 5.41) is 30.3. The van der Waals surface area contributed by atoms with Gasteiger partial charge in [-0.05, 0) is 82.0 Å². The molecule has 4 unspecified atom stereocenters. The SMILES string of the molecule is C[C@H](CC#CC(C)(C)O)[C@H]1CCC2/C(=C/C=C3CC(O)C(P)C(O)C3)CCC[C@@]21C. The van der Waals surface area contributed by atoms with Crippen LogP contribution in [0.5, 0.6) is 0 Å². The second-order valence-electron chi connectivity index (χ2n) is 10.8. The van der Waals surface area contributed by atoms with Gasteiger partial charge in [0.15, 0.2) is 0 Å². The van der Waals surface area contributed by atoms with Crippen molar-refractivity contribution < 1.29 is 15.3 Å². The number of hydrogen-bond acceptors (Lipinski definition) is 3. The molecule has 3 saturated carbocycles. The van der Waals surface area contributed by atoms with Gasteiger partial charge in [-0.25, -0.2) is 0 Å². The Bertz CT molecular complexity index is 724. The lowest BCUT2D eigenvalue weighted by atomic mass is 9.61. The average molecular weight is 433 g/mol. The minimum Gasteiger partial charge on any atom is -0.392 e. The first-order chi connectivity index (χ1) is 14.0. The van der Waals surface area contributed by atoms with E-state index in [0.29, 0.717) is 36.0 Å². The van der Waals surface area contributed by atoms with Crippen molar-refractivity contribution in [2.45, 2.75) is 103 Å². The Balaban J connectivity index is 1.72. The molecule has 3 aliphatic carbocycles. The minimum atomic E-state index is -0.910. The molecule has 0 amide bonds. The Morgan fingerprint density at radius 2 is 1.87 bits per heavy atom. The van der Waals surface area contributed by atoms with Gasteiger partial charge in [-0.15, -0.1) is 15.2 Å². The lowest BCUT2D eigenvalue weighted by molar-refractivity contribution is 0.0687. The molecular formula is C26H41O3P. The molecule has 3 fully saturated rings. The summed E-state index contributed by atoms with van der Waals surface area (Å²) in [4.78, 5) is 0. The Labute approximate surface area is 185 Å². The number of allylic oxidation sites excluding steroid dienone is 3. The monoisotopic (exact) mass is 432 g/mol. The van der Waals surface area contributed by atoms with Gasteiger partial charge in [0.2, 0.25) is 0 Å². The maximum Gasteiger partial charge on any atom is 0.119 e. The largest absolute Gasteiger partial charge is 0.392 e. The van der Waals surface area contributed by atoms with Crippen molar-refractivity contribution in [3.05, 3.63) is 23.3 Å². The van der Waals surface area contributed by atoms with Crippen LogP contribution in [-0.2, 0) is 0 Å². The predicted octanol–water partition coefficient (Wildman–Crippen LogP) is 4.62. The number of rotatable bonds is 3. The van der Waals surface area contributed by atoms with Crippen molar-refractivity contribution in [2.24, 2.45) is 23.2 Å². The van der Waals surface area contributed by atoms with Gasteiger partial charge in [-0.3, -0.25) is 0 Å². The highest BCUT2D eigenvalue weighted by molar-refractivity contribution is 7.17. The van der Waals surface area contributed by atoms with E-state index >= 15 is 0 Å². The maximum absolute atomic E-state index is 10.2. The van der Waals surface area contributed by atoms with Gasteiger partial charge in [0.25, 0.3) is 0 Å². The summed E-state index contributed by atoms with van der Waals surface area (Å²) in [6, 6.07) is 0. The van der Waals surface area contributed by atoms with E-state index < -0.39 is 17.8 Å². The normalized spacial score (nSPS) is 39.3. The van der Waals surface area contributed by atoms with Crippen LogP contribution in [0.4, 0.5) is 0 Å². The summed E-state index contributed by atoms with van der Waals surface area (Å²) in [5.74, 6) is 8.05. The van der Waals surface area contributed by atoms with E-state index in [2.05, 4.69) is 47.1 Å². The third kappa shape index (κ3) is 5.39. The highest BCUT2D eigenvalue weighted by Gasteiger charge is 2.50. The third-order valence-electron chi connectivity index (χ3n) is 7.91. The van der Waals surface area contributed by atoms with Crippen molar-refractivity contribution >= 4 is 9.24 Å². The average Bonchev–Trinajstić information content (AvgIpc) is 3.00. The van der Waals surface area contributed by atoms with Gasteiger partial charge in [0, 0.05) is 12.1 Å². The maximum atomic E-state index is 10.2. The van der Waals surface area contributed by atoms with E-state index in [1.165, 1.54) is 37.7 Å². The van der Waals surface area contributed by atoms with Crippen molar-refractivity contribution in [1.29, 1.82) is 0 Å². The summed E-state index contributed by atoms with van der Waals surface area (Å²) in [6.45, 7) is 8.31. The van der Waals surface area contributed by atoms with Crippen molar-refractivity contribution in [2.75, 3.05) is 0 Å². The quantitative estimate of drug-likeness (QED) is 0.451. The molecule has 0 aliphatic heterocycles. The van der Waals surface area contributed by atoms with E-state index in [-0.39, 0.29) is 5.66 Å². The van der Waals surface area contributed by atoms with E-state index in [1.54, 1.807) is 19.4 Å². The molecule has 3 nitrogen and oxygen atoms in total. The smallest absolute Gasteiger partial charge is 0.119 e. The van der Waals surface area contributed by atoms with E-state index in [4.69, 9.17) is 0 Å². The fourth-order valence-electron chi connectivity index (χ4n) is 6.30. The lowest BCUT2D eigenvalue weighted by Crippen LogP contribution is -2.37. The zero-order chi connectivity index (χ0) is 22.1. The summed E-state index contributed by atoms with van der Waals surface area (Å²) in [7, 11) is 2.59. The standard InChI is InChI=1S/C26H41O3P/c1-17(7-5-13-25(2,3)29)20-11-12-21-19(8-6-14-26(20,21)4)10-9-18-15-22(27)24(30)23(28)16-18/h9-10,17,20-24,27-29H,6-8,11-12,14-16,30H2,1-4H3/b18-9?,19-10+/t17-,20-,21?,22?,23?,24?,26-/m1/s1.